The molecule has 3 aliphatic carbocycles. The summed E-state index contributed by atoms with van der Waals surface area (Å²) in [6.45, 7) is 3.29. The van der Waals surface area contributed by atoms with Gasteiger partial charge in [0.1, 0.15) is 6.10 Å². The van der Waals surface area contributed by atoms with Crippen LogP contribution in [0.15, 0.2) is 72.8 Å². The number of nitrogens with zero attached hydrogens (tertiary/aromatic N) is 2. The second-order valence-corrected chi connectivity index (χ2v) is 15.0. The summed E-state index contributed by atoms with van der Waals surface area (Å²) in [5.41, 5.74) is 3.31. The van der Waals surface area contributed by atoms with E-state index in [9.17, 15) is 9.90 Å². The molecular formula is C41H50N2O4. The monoisotopic (exact) mass is 634 g/mol. The molecule has 5 aliphatic rings. The predicted octanol–water partition coefficient (Wildman–Crippen LogP) is 6.62. The van der Waals surface area contributed by atoms with Crippen LogP contribution >= 0.6 is 0 Å². The first-order valence-electron chi connectivity index (χ1n) is 18.2. The van der Waals surface area contributed by atoms with E-state index in [1.54, 1.807) is 7.11 Å². The van der Waals surface area contributed by atoms with Gasteiger partial charge >= 0.3 is 0 Å². The van der Waals surface area contributed by atoms with E-state index in [0.717, 1.165) is 87.6 Å². The van der Waals surface area contributed by atoms with Crippen molar-refractivity contribution in [2.75, 3.05) is 33.3 Å². The number of carbonyl (C=O) groups excluding carboxylic acids is 1. The largest absolute Gasteiger partial charge is 0.493 e. The number of methoxy groups -OCH3 is 1. The lowest BCUT2D eigenvalue weighted by Gasteiger charge is -2.65. The highest BCUT2D eigenvalue weighted by atomic mass is 16.5. The van der Waals surface area contributed by atoms with Crippen LogP contribution in [0.1, 0.15) is 84.8 Å². The number of likely N-dealkylation sites (tertiary alicyclic amines) is 1. The van der Waals surface area contributed by atoms with Crippen LogP contribution in [0.25, 0.3) is 0 Å². The maximum Gasteiger partial charge on any atom is 0.176 e. The number of aliphatic hydroxyl groups is 1. The van der Waals surface area contributed by atoms with Crippen molar-refractivity contribution in [1.82, 2.24) is 9.80 Å². The summed E-state index contributed by atoms with van der Waals surface area (Å²) in [4.78, 5) is 18.9. The van der Waals surface area contributed by atoms with E-state index in [1.807, 2.05) is 30.3 Å². The second-order valence-electron chi connectivity index (χ2n) is 15.0. The molecule has 1 spiro atoms. The number of carbonyl (C=O) groups is 1. The fourth-order valence-electron chi connectivity index (χ4n) is 9.88. The van der Waals surface area contributed by atoms with E-state index in [4.69, 9.17) is 9.47 Å². The summed E-state index contributed by atoms with van der Waals surface area (Å²) in [6.07, 6.45) is 11.3. The molecule has 3 aromatic carbocycles. The SMILES string of the molecule is COc1ccc2c3c1OC1C(N(CCCCCCc4ccccc4)CC(=O)c4ccccc4)CC[C@@]4(O)[C@@H](C2)N(CC2CC2)CC[C@]314. The van der Waals surface area contributed by atoms with Gasteiger partial charge in [0.2, 0.25) is 0 Å². The number of Topliss-reactive ketones (excluding diaryl/α,β-unsaturated/α-hetero) is 1. The van der Waals surface area contributed by atoms with Crippen LogP contribution in [0, 0.1) is 5.92 Å². The lowest BCUT2D eigenvalue weighted by atomic mass is 9.48. The van der Waals surface area contributed by atoms with E-state index < -0.39 is 11.0 Å². The van der Waals surface area contributed by atoms with Crippen molar-refractivity contribution in [2.45, 2.75) is 99.8 Å². The summed E-state index contributed by atoms with van der Waals surface area (Å²) in [5.74, 6) is 2.53. The quantitative estimate of drug-likeness (QED) is 0.159. The molecular weight excluding hydrogens is 584 g/mol. The number of ketones is 1. The third-order valence-electron chi connectivity index (χ3n) is 12.4. The normalized spacial score (nSPS) is 29.0. The molecule has 8 rings (SSSR count). The van der Waals surface area contributed by atoms with Gasteiger partial charge in [-0.05, 0) is 94.0 Å². The van der Waals surface area contributed by atoms with Gasteiger partial charge in [0.15, 0.2) is 17.3 Å². The number of ether oxygens (including phenoxy) is 2. The van der Waals surface area contributed by atoms with Gasteiger partial charge in [-0.2, -0.15) is 0 Å². The predicted molar refractivity (Wildman–Crippen MR) is 184 cm³/mol. The molecule has 1 N–H and O–H groups in total. The summed E-state index contributed by atoms with van der Waals surface area (Å²) >= 11 is 0. The van der Waals surface area contributed by atoms with Gasteiger partial charge in [-0.1, -0.05) is 79.6 Å². The zero-order valence-electron chi connectivity index (χ0n) is 27.9. The Morgan fingerprint density at radius 1 is 0.957 bits per heavy atom. The van der Waals surface area contributed by atoms with Crippen LogP contribution < -0.4 is 9.47 Å². The minimum absolute atomic E-state index is 0.0333. The van der Waals surface area contributed by atoms with Crippen molar-refractivity contribution in [3.63, 3.8) is 0 Å². The number of unbranched alkanes of at least 4 members (excludes halogenated alkanes) is 3. The molecule has 2 saturated carbocycles. The molecule has 3 aromatic rings. The molecule has 1 saturated heterocycles. The van der Waals surface area contributed by atoms with Crippen molar-refractivity contribution < 1.29 is 19.4 Å². The average molecular weight is 635 g/mol. The molecule has 2 heterocycles. The molecule has 248 valence electrons. The first-order chi connectivity index (χ1) is 23.0. The summed E-state index contributed by atoms with van der Waals surface area (Å²) in [7, 11) is 1.72. The molecule has 0 radical (unpaired) electrons. The maximum atomic E-state index is 13.8. The van der Waals surface area contributed by atoms with Gasteiger partial charge in [0.25, 0.3) is 0 Å². The Bertz CT molecular complexity index is 1580. The van der Waals surface area contributed by atoms with Crippen LogP contribution in [0.5, 0.6) is 11.5 Å². The van der Waals surface area contributed by atoms with Crippen LogP contribution in [0.4, 0.5) is 0 Å². The van der Waals surface area contributed by atoms with Crippen molar-refractivity contribution in [2.24, 2.45) is 5.92 Å². The Hall–Kier alpha value is -3.19. The molecule has 2 aliphatic heterocycles. The van der Waals surface area contributed by atoms with E-state index in [1.165, 1.54) is 42.4 Å². The number of rotatable bonds is 14. The van der Waals surface area contributed by atoms with Gasteiger partial charge in [-0.15, -0.1) is 0 Å². The van der Waals surface area contributed by atoms with Gasteiger partial charge < -0.3 is 14.6 Å². The smallest absolute Gasteiger partial charge is 0.176 e. The molecule has 47 heavy (non-hydrogen) atoms. The van der Waals surface area contributed by atoms with E-state index in [-0.39, 0.29) is 24.0 Å². The third-order valence-corrected chi connectivity index (χ3v) is 12.4. The van der Waals surface area contributed by atoms with Crippen LogP contribution in [-0.4, -0.2) is 77.8 Å². The Kier molecular flexibility index (Phi) is 8.39. The number of hydrogen-bond donors (Lipinski definition) is 1. The standard InChI is InChI=1S/C41H50N2O4/c1-46-35-20-19-32-26-36-41(45)22-21-33(39-40(41,37(32)38(35)47-39)23-25-43(36)27-30-17-18-30)42(28-34(44)31-15-9-5-10-16-31)24-11-3-2-6-12-29-13-7-4-8-14-29/h4-5,7-10,13-16,19-20,30,33,36,39,45H,2-3,6,11-12,17-18,21-28H2,1H3/t33?,36-,39?,40+,41-/m1/s1. The highest BCUT2D eigenvalue weighted by molar-refractivity contribution is 5.97. The molecule has 5 atom stereocenters. The second kappa shape index (κ2) is 12.7. The van der Waals surface area contributed by atoms with E-state index >= 15 is 0 Å². The average Bonchev–Trinajstić information content (AvgIpc) is 3.85. The number of benzene rings is 3. The lowest BCUT2D eigenvalue weighted by Crippen LogP contribution is -2.78. The van der Waals surface area contributed by atoms with Crippen LogP contribution in [0.3, 0.4) is 0 Å². The van der Waals surface area contributed by atoms with Gasteiger partial charge in [-0.25, -0.2) is 0 Å². The molecule has 6 nitrogen and oxygen atoms in total. The van der Waals surface area contributed by atoms with Crippen molar-refractivity contribution in [3.05, 3.63) is 95.1 Å². The molecule has 6 heteroatoms. The minimum atomic E-state index is -0.863. The number of hydrogen-bond acceptors (Lipinski definition) is 6. The zero-order valence-corrected chi connectivity index (χ0v) is 27.9. The van der Waals surface area contributed by atoms with Crippen LogP contribution in [0.2, 0.25) is 0 Å². The fraction of sp³-hybridized carbons (Fsp3) is 0.537. The van der Waals surface area contributed by atoms with Gasteiger partial charge in [0.05, 0.1) is 24.7 Å². The number of piperidine rings is 1. The van der Waals surface area contributed by atoms with Gasteiger partial charge in [-0.3, -0.25) is 14.6 Å². The van der Waals surface area contributed by atoms with E-state index in [2.05, 4.69) is 52.3 Å². The van der Waals surface area contributed by atoms with Gasteiger partial charge in [0, 0.05) is 29.8 Å². The topological polar surface area (TPSA) is 62.2 Å². The minimum Gasteiger partial charge on any atom is -0.493 e. The summed E-state index contributed by atoms with van der Waals surface area (Å²) in [5, 5.41) is 13.1. The molecule has 2 unspecified atom stereocenters. The Balaban J connectivity index is 1.08. The highest BCUT2D eigenvalue weighted by Crippen LogP contribution is 2.66. The summed E-state index contributed by atoms with van der Waals surface area (Å²) in [6, 6.07) is 24.9. The third kappa shape index (κ3) is 5.41. The first kappa shape index (κ1) is 31.1. The number of aryl methyl sites for hydroxylation is 1. The molecule has 3 fully saturated rings. The Labute approximate surface area is 280 Å². The summed E-state index contributed by atoms with van der Waals surface area (Å²) < 4.78 is 13.0. The molecule has 0 amide bonds. The van der Waals surface area contributed by atoms with Crippen LogP contribution in [-0.2, 0) is 18.3 Å². The lowest BCUT2D eigenvalue weighted by molar-refractivity contribution is -0.200. The van der Waals surface area contributed by atoms with Crippen molar-refractivity contribution >= 4 is 5.78 Å². The first-order valence-corrected chi connectivity index (χ1v) is 18.2. The molecule has 0 aromatic heterocycles. The Morgan fingerprint density at radius 3 is 2.49 bits per heavy atom. The van der Waals surface area contributed by atoms with Crippen molar-refractivity contribution in [3.8, 4) is 11.5 Å². The maximum absolute atomic E-state index is 13.8. The molecule has 2 bridgehead atoms. The fourth-order valence-corrected chi connectivity index (χ4v) is 9.88. The Morgan fingerprint density at radius 2 is 1.72 bits per heavy atom. The highest BCUT2D eigenvalue weighted by Gasteiger charge is 2.73. The van der Waals surface area contributed by atoms with Crippen molar-refractivity contribution in [1.29, 1.82) is 0 Å². The zero-order chi connectivity index (χ0) is 32.0. The van der Waals surface area contributed by atoms with E-state index in [0.29, 0.717) is 6.54 Å².